The van der Waals surface area contributed by atoms with Crippen LogP contribution in [-0.2, 0) is 12.3 Å². The summed E-state index contributed by atoms with van der Waals surface area (Å²) in [5, 5.41) is 9.77. The predicted octanol–water partition coefficient (Wildman–Crippen LogP) is 4.80. The van der Waals surface area contributed by atoms with E-state index < -0.39 is 0 Å². The maximum Gasteiger partial charge on any atom is 0.192 e. The number of benzene rings is 2. The van der Waals surface area contributed by atoms with Crippen molar-refractivity contribution in [3.05, 3.63) is 72.3 Å². The molecule has 4 nitrogen and oxygen atoms in total. The highest BCUT2D eigenvalue weighted by Gasteiger charge is 2.14. The summed E-state index contributed by atoms with van der Waals surface area (Å²) in [6, 6.07) is 17.0. The van der Waals surface area contributed by atoms with E-state index in [1.54, 1.807) is 11.8 Å². The third-order valence-electron chi connectivity index (χ3n) is 4.16. The standard InChI is InChI=1S/C21H24N4S/c1-5-14-25-20(18-10-12-19(13-11-18)24(3)4)22-23-21(25)26-15-17-8-6-16(2)7-9-17/h5-13H,1,14-15H2,2-4H3. The van der Waals surface area contributed by atoms with E-state index in [1.165, 1.54) is 11.1 Å². The number of thioether (sulfide) groups is 1. The van der Waals surface area contributed by atoms with Gasteiger partial charge in [0.1, 0.15) is 0 Å². The number of allylic oxidation sites excluding steroid dienone is 1. The SMILES string of the molecule is C=CCn1c(SCc2ccc(C)cc2)nnc1-c1ccc(N(C)C)cc1. The third-order valence-corrected chi connectivity index (χ3v) is 5.20. The highest BCUT2D eigenvalue weighted by atomic mass is 32.2. The normalized spacial score (nSPS) is 10.7. The summed E-state index contributed by atoms with van der Waals surface area (Å²) in [5.41, 5.74) is 4.78. The maximum atomic E-state index is 4.44. The van der Waals surface area contributed by atoms with E-state index in [2.05, 4.69) is 81.7 Å². The van der Waals surface area contributed by atoms with Crippen LogP contribution < -0.4 is 4.90 Å². The van der Waals surface area contributed by atoms with Crippen molar-refractivity contribution in [2.75, 3.05) is 19.0 Å². The van der Waals surface area contributed by atoms with Crippen LogP contribution in [0.1, 0.15) is 11.1 Å². The van der Waals surface area contributed by atoms with Crippen LogP contribution in [0.3, 0.4) is 0 Å². The minimum Gasteiger partial charge on any atom is -0.378 e. The molecule has 0 saturated carbocycles. The van der Waals surface area contributed by atoms with Crippen molar-refractivity contribution in [2.45, 2.75) is 24.4 Å². The molecule has 134 valence electrons. The average molecular weight is 365 g/mol. The average Bonchev–Trinajstić information content (AvgIpc) is 3.04. The second-order valence-corrected chi connectivity index (χ2v) is 7.36. The smallest absolute Gasteiger partial charge is 0.192 e. The minimum absolute atomic E-state index is 0.688. The molecule has 0 N–H and O–H groups in total. The van der Waals surface area contributed by atoms with E-state index >= 15 is 0 Å². The quantitative estimate of drug-likeness (QED) is 0.445. The van der Waals surface area contributed by atoms with Gasteiger partial charge in [-0.1, -0.05) is 47.7 Å². The third kappa shape index (κ3) is 4.17. The fourth-order valence-electron chi connectivity index (χ4n) is 2.64. The first-order valence-corrected chi connectivity index (χ1v) is 9.57. The number of nitrogens with zero attached hydrogens (tertiary/aromatic N) is 4. The number of hydrogen-bond donors (Lipinski definition) is 0. The van der Waals surface area contributed by atoms with Crippen molar-refractivity contribution >= 4 is 17.4 Å². The van der Waals surface area contributed by atoms with Crippen LogP contribution in [0, 0.1) is 6.92 Å². The zero-order valence-corrected chi connectivity index (χ0v) is 16.3. The van der Waals surface area contributed by atoms with Crippen molar-refractivity contribution in [3.8, 4) is 11.4 Å². The van der Waals surface area contributed by atoms with E-state index in [0.717, 1.165) is 28.0 Å². The maximum absolute atomic E-state index is 4.44. The number of aryl methyl sites for hydroxylation is 1. The van der Waals surface area contributed by atoms with Crippen molar-refractivity contribution < 1.29 is 0 Å². The van der Waals surface area contributed by atoms with E-state index in [0.29, 0.717) is 6.54 Å². The summed E-state index contributed by atoms with van der Waals surface area (Å²) in [6.45, 7) is 6.68. The molecule has 1 heterocycles. The summed E-state index contributed by atoms with van der Waals surface area (Å²) in [5.74, 6) is 1.75. The molecule has 3 aromatic rings. The lowest BCUT2D eigenvalue weighted by Crippen LogP contribution is -2.08. The Morgan fingerprint density at radius 3 is 2.35 bits per heavy atom. The first kappa shape index (κ1) is 18.3. The van der Waals surface area contributed by atoms with E-state index in [4.69, 9.17) is 0 Å². The lowest BCUT2D eigenvalue weighted by molar-refractivity contribution is 0.731. The summed E-state index contributed by atoms with van der Waals surface area (Å²) in [7, 11) is 4.07. The van der Waals surface area contributed by atoms with Gasteiger partial charge in [0.05, 0.1) is 0 Å². The molecular formula is C21H24N4S. The molecule has 5 heteroatoms. The second-order valence-electron chi connectivity index (χ2n) is 6.42. The molecule has 3 rings (SSSR count). The Labute approximate surface area is 159 Å². The fraction of sp³-hybridized carbons (Fsp3) is 0.238. The van der Waals surface area contributed by atoms with Crippen LogP contribution in [-0.4, -0.2) is 28.9 Å². The largest absolute Gasteiger partial charge is 0.378 e. The second kappa shape index (κ2) is 8.23. The van der Waals surface area contributed by atoms with Crippen LogP contribution in [0.25, 0.3) is 11.4 Å². The Bertz CT molecular complexity index is 864. The van der Waals surface area contributed by atoms with Gasteiger partial charge in [0.2, 0.25) is 0 Å². The van der Waals surface area contributed by atoms with Crippen LogP contribution in [0.5, 0.6) is 0 Å². The van der Waals surface area contributed by atoms with Gasteiger partial charge >= 0.3 is 0 Å². The lowest BCUT2D eigenvalue weighted by Gasteiger charge is -2.13. The van der Waals surface area contributed by atoms with E-state index in [9.17, 15) is 0 Å². The number of hydrogen-bond acceptors (Lipinski definition) is 4. The highest BCUT2D eigenvalue weighted by molar-refractivity contribution is 7.98. The van der Waals surface area contributed by atoms with Crippen molar-refractivity contribution in [2.24, 2.45) is 0 Å². The Kier molecular flexibility index (Phi) is 5.78. The van der Waals surface area contributed by atoms with Crippen LogP contribution in [0.15, 0.2) is 66.3 Å². The van der Waals surface area contributed by atoms with Crippen molar-refractivity contribution in [3.63, 3.8) is 0 Å². The van der Waals surface area contributed by atoms with Crippen LogP contribution in [0.4, 0.5) is 5.69 Å². The monoisotopic (exact) mass is 364 g/mol. The zero-order valence-electron chi connectivity index (χ0n) is 15.5. The summed E-state index contributed by atoms with van der Waals surface area (Å²) in [6.07, 6.45) is 1.89. The van der Waals surface area contributed by atoms with Crippen LogP contribution >= 0.6 is 11.8 Å². The first-order chi connectivity index (χ1) is 12.6. The van der Waals surface area contributed by atoms with Gasteiger partial charge in [-0.15, -0.1) is 16.8 Å². The van der Waals surface area contributed by atoms with Gasteiger partial charge in [-0.05, 0) is 36.8 Å². The molecule has 0 aliphatic heterocycles. The number of aromatic nitrogens is 3. The van der Waals surface area contributed by atoms with Gasteiger partial charge in [-0.2, -0.15) is 0 Å². The molecule has 2 aromatic carbocycles. The molecule has 0 atom stereocenters. The molecule has 1 aromatic heterocycles. The molecule has 0 saturated heterocycles. The molecule has 0 amide bonds. The number of anilines is 1. The van der Waals surface area contributed by atoms with Crippen molar-refractivity contribution in [1.82, 2.24) is 14.8 Å². The summed E-state index contributed by atoms with van der Waals surface area (Å²) < 4.78 is 2.12. The van der Waals surface area contributed by atoms with Gasteiger partial charge in [0.25, 0.3) is 0 Å². The van der Waals surface area contributed by atoms with Gasteiger partial charge in [0, 0.05) is 37.6 Å². The van der Waals surface area contributed by atoms with Gasteiger partial charge in [-0.25, -0.2) is 0 Å². The molecule has 0 aliphatic carbocycles. The molecular weight excluding hydrogens is 340 g/mol. The minimum atomic E-state index is 0.688. The van der Waals surface area contributed by atoms with Crippen LogP contribution in [0.2, 0.25) is 0 Å². The summed E-state index contributed by atoms with van der Waals surface area (Å²) in [4.78, 5) is 2.08. The zero-order chi connectivity index (χ0) is 18.5. The predicted molar refractivity (Wildman–Crippen MR) is 111 cm³/mol. The topological polar surface area (TPSA) is 34.0 Å². The van der Waals surface area contributed by atoms with Crippen molar-refractivity contribution in [1.29, 1.82) is 0 Å². The Hall–Kier alpha value is -2.53. The summed E-state index contributed by atoms with van der Waals surface area (Å²) >= 11 is 1.70. The van der Waals surface area contributed by atoms with E-state index in [-0.39, 0.29) is 0 Å². The van der Waals surface area contributed by atoms with Gasteiger partial charge < -0.3 is 4.90 Å². The van der Waals surface area contributed by atoms with E-state index in [1.807, 2.05) is 20.2 Å². The lowest BCUT2D eigenvalue weighted by atomic mass is 10.2. The molecule has 0 bridgehead atoms. The molecule has 0 fully saturated rings. The van der Waals surface area contributed by atoms with Gasteiger partial charge in [0.15, 0.2) is 11.0 Å². The Morgan fingerprint density at radius 1 is 1.04 bits per heavy atom. The number of rotatable bonds is 7. The molecule has 0 aliphatic rings. The molecule has 0 unspecified atom stereocenters. The highest BCUT2D eigenvalue weighted by Crippen LogP contribution is 2.27. The molecule has 0 radical (unpaired) electrons. The molecule has 0 spiro atoms. The first-order valence-electron chi connectivity index (χ1n) is 8.58. The molecule has 26 heavy (non-hydrogen) atoms. The Morgan fingerprint density at radius 2 is 1.73 bits per heavy atom. The Balaban J connectivity index is 1.83. The van der Waals surface area contributed by atoms with Gasteiger partial charge in [-0.3, -0.25) is 4.57 Å². The fourth-order valence-corrected chi connectivity index (χ4v) is 3.55.